The molecule has 0 aliphatic heterocycles. The van der Waals surface area contributed by atoms with Gasteiger partial charge >= 0.3 is 0 Å². The summed E-state index contributed by atoms with van der Waals surface area (Å²) in [6.07, 6.45) is 8.03. The molecule has 0 heterocycles. The van der Waals surface area contributed by atoms with Gasteiger partial charge in [0.15, 0.2) is 5.11 Å². The molecule has 1 atom stereocenters. The van der Waals surface area contributed by atoms with Crippen LogP contribution in [0.4, 0.5) is 5.69 Å². The second-order valence-electron chi connectivity index (χ2n) is 6.82. The number of ether oxygens (including phenoxy) is 1. The lowest BCUT2D eigenvalue weighted by Crippen LogP contribution is -2.38. The Hall–Kier alpha value is -2.04. The van der Waals surface area contributed by atoms with Crippen LogP contribution >= 0.6 is 23.8 Å². The first-order chi connectivity index (χ1) is 13.1. The van der Waals surface area contributed by atoms with Gasteiger partial charge in [-0.25, -0.2) is 0 Å². The van der Waals surface area contributed by atoms with Crippen molar-refractivity contribution < 1.29 is 4.74 Å². The standard InChI is InChI=1S/C22H25ClN2OS/c1-26-21-13-7-18(8-14-21)16-25(15-17-5-3-2-4-6-17)22(27)24-20-11-9-19(23)10-12-20/h2-3,7-14,17H,4-6,15-16H2,1H3,(H,24,27). The molecule has 3 rings (SSSR count). The zero-order valence-electron chi connectivity index (χ0n) is 15.5. The van der Waals surface area contributed by atoms with Crippen LogP contribution in [0.1, 0.15) is 24.8 Å². The molecule has 1 aliphatic rings. The molecule has 0 aromatic heterocycles. The Morgan fingerprint density at radius 3 is 2.52 bits per heavy atom. The van der Waals surface area contributed by atoms with E-state index in [1.165, 1.54) is 12.0 Å². The maximum Gasteiger partial charge on any atom is 0.173 e. The number of allylic oxidation sites excluding steroid dienone is 2. The summed E-state index contributed by atoms with van der Waals surface area (Å²) in [5.41, 5.74) is 2.16. The fraction of sp³-hybridized carbons (Fsp3) is 0.318. The molecule has 0 saturated heterocycles. The van der Waals surface area contributed by atoms with Crippen LogP contribution in [0.2, 0.25) is 5.02 Å². The number of halogens is 1. The second kappa shape index (κ2) is 9.77. The van der Waals surface area contributed by atoms with Gasteiger partial charge in [-0.05, 0) is 79.4 Å². The van der Waals surface area contributed by atoms with Gasteiger partial charge in [0.05, 0.1) is 7.11 Å². The van der Waals surface area contributed by atoms with E-state index in [9.17, 15) is 0 Å². The molecular weight excluding hydrogens is 376 g/mol. The third-order valence-corrected chi connectivity index (χ3v) is 5.38. The number of benzene rings is 2. The molecule has 0 bridgehead atoms. The SMILES string of the molecule is COc1ccc(CN(CC2CC=CCC2)C(=S)Nc2ccc(Cl)cc2)cc1. The van der Waals surface area contributed by atoms with Crippen molar-refractivity contribution >= 4 is 34.6 Å². The summed E-state index contributed by atoms with van der Waals surface area (Å²) in [6, 6.07) is 15.8. The Morgan fingerprint density at radius 2 is 1.89 bits per heavy atom. The molecule has 27 heavy (non-hydrogen) atoms. The van der Waals surface area contributed by atoms with E-state index in [1.54, 1.807) is 7.11 Å². The highest BCUT2D eigenvalue weighted by Crippen LogP contribution is 2.22. The van der Waals surface area contributed by atoms with Crippen LogP contribution in [0.3, 0.4) is 0 Å². The molecular formula is C22H25ClN2OS. The van der Waals surface area contributed by atoms with Gasteiger partial charge in [0, 0.05) is 23.8 Å². The first-order valence-electron chi connectivity index (χ1n) is 9.23. The first-order valence-corrected chi connectivity index (χ1v) is 10.0. The minimum atomic E-state index is 0.623. The topological polar surface area (TPSA) is 24.5 Å². The van der Waals surface area contributed by atoms with E-state index in [0.29, 0.717) is 5.92 Å². The van der Waals surface area contributed by atoms with E-state index < -0.39 is 0 Å². The summed E-state index contributed by atoms with van der Waals surface area (Å²) < 4.78 is 5.26. The van der Waals surface area contributed by atoms with Crippen molar-refractivity contribution in [3.05, 3.63) is 71.3 Å². The zero-order chi connectivity index (χ0) is 19.1. The summed E-state index contributed by atoms with van der Waals surface area (Å²) in [6.45, 7) is 1.71. The van der Waals surface area contributed by atoms with Crippen LogP contribution < -0.4 is 10.1 Å². The Bertz CT molecular complexity index is 774. The normalized spacial score (nSPS) is 16.0. The number of thiocarbonyl (C=S) groups is 1. The lowest BCUT2D eigenvalue weighted by molar-refractivity contribution is 0.319. The predicted molar refractivity (Wildman–Crippen MR) is 118 cm³/mol. The molecule has 1 aliphatic carbocycles. The Morgan fingerprint density at radius 1 is 1.15 bits per heavy atom. The molecule has 0 radical (unpaired) electrons. The molecule has 0 spiro atoms. The van der Waals surface area contributed by atoms with Gasteiger partial charge in [0.2, 0.25) is 0 Å². The fourth-order valence-corrected chi connectivity index (χ4v) is 3.62. The van der Waals surface area contributed by atoms with Crippen molar-refractivity contribution in [1.29, 1.82) is 0 Å². The summed E-state index contributed by atoms with van der Waals surface area (Å²) in [4.78, 5) is 2.26. The van der Waals surface area contributed by atoms with Crippen molar-refractivity contribution in [2.24, 2.45) is 5.92 Å². The molecule has 3 nitrogen and oxygen atoms in total. The van der Waals surface area contributed by atoms with Gasteiger partial charge in [0.25, 0.3) is 0 Å². The van der Waals surface area contributed by atoms with Gasteiger partial charge in [-0.1, -0.05) is 35.9 Å². The predicted octanol–water partition coefficient (Wildman–Crippen LogP) is 5.90. The van der Waals surface area contributed by atoms with Crippen molar-refractivity contribution in [3.63, 3.8) is 0 Å². The molecule has 1 unspecified atom stereocenters. The molecule has 2 aromatic carbocycles. The van der Waals surface area contributed by atoms with E-state index in [-0.39, 0.29) is 0 Å². The maximum absolute atomic E-state index is 5.98. The number of anilines is 1. The summed E-state index contributed by atoms with van der Waals surface area (Å²) in [7, 11) is 1.68. The second-order valence-corrected chi connectivity index (χ2v) is 7.64. The number of hydrogen-bond acceptors (Lipinski definition) is 2. The third-order valence-electron chi connectivity index (χ3n) is 4.77. The van der Waals surface area contributed by atoms with E-state index in [4.69, 9.17) is 28.6 Å². The van der Waals surface area contributed by atoms with Gasteiger partial charge in [-0.3, -0.25) is 0 Å². The van der Waals surface area contributed by atoms with Crippen LogP contribution in [-0.4, -0.2) is 23.7 Å². The van der Waals surface area contributed by atoms with Crippen molar-refractivity contribution in [1.82, 2.24) is 4.90 Å². The van der Waals surface area contributed by atoms with Crippen molar-refractivity contribution in [2.75, 3.05) is 19.0 Å². The minimum Gasteiger partial charge on any atom is -0.497 e. The van der Waals surface area contributed by atoms with E-state index in [1.807, 2.05) is 36.4 Å². The van der Waals surface area contributed by atoms with Crippen LogP contribution in [0, 0.1) is 5.92 Å². The van der Waals surface area contributed by atoms with Gasteiger partial charge < -0.3 is 15.0 Å². The molecule has 0 amide bonds. The van der Waals surface area contributed by atoms with Crippen molar-refractivity contribution in [2.45, 2.75) is 25.8 Å². The number of hydrogen-bond donors (Lipinski definition) is 1. The van der Waals surface area contributed by atoms with E-state index in [2.05, 4.69) is 34.5 Å². The smallest absolute Gasteiger partial charge is 0.173 e. The van der Waals surface area contributed by atoms with Crippen LogP contribution in [-0.2, 0) is 6.54 Å². The minimum absolute atomic E-state index is 0.623. The molecule has 1 N–H and O–H groups in total. The number of nitrogens with zero attached hydrogens (tertiary/aromatic N) is 1. The highest BCUT2D eigenvalue weighted by atomic mass is 35.5. The van der Waals surface area contributed by atoms with Crippen molar-refractivity contribution in [3.8, 4) is 5.75 Å². The van der Waals surface area contributed by atoms with E-state index >= 15 is 0 Å². The monoisotopic (exact) mass is 400 g/mol. The van der Waals surface area contributed by atoms with Gasteiger partial charge in [-0.15, -0.1) is 0 Å². The zero-order valence-corrected chi connectivity index (χ0v) is 17.1. The number of methoxy groups -OCH3 is 1. The summed E-state index contributed by atoms with van der Waals surface area (Å²) in [5.74, 6) is 1.49. The molecule has 142 valence electrons. The summed E-state index contributed by atoms with van der Waals surface area (Å²) >= 11 is 11.7. The Balaban J connectivity index is 1.71. The highest BCUT2D eigenvalue weighted by molar-refractivity contribution is 7.80. The lowest BCUT2D eigenvalue weighted by atomic mass is 9.94. The molecule has 2 aromatic rings. The number of rotatable bonds is 6. The highest BCUT2D eigenvalue weighted by Gasteiger charge is 2.18. The third kappa shape index (κ3) is 5.98. The molecule has 0 saturated carbocycles. The Kier molecular flexibility index (Phi) is 7.13. The average molecular weight is 401 g/mol. The Labute approximate surface area is 172 Å². The quantitative estimate of drug-likeness (QED) is 0.481. The lowest BCUT2D eigenvalue weighted by Gasteiger charge is -2.31. The summed E-state index contributed by atoms with van der Waals surface area (Å²) in [5, 5.41) is 4.81. The van der Waals surface area contributed by atoms with Crippen LogP contribution in [0.15, 0.2) is 60.7 Å². The largest absolute Gasteiger partial charge is 0.497 e. The van der Waals surface area contributed by atoms with Gasteiger partial charge in [-0.2, -0.15) is 0 Å². The average Bonchev–Trinajstić information content (AvgIpc) is 2.70. The number of nitrogens with one attached hydrogen (secondary N) is 1. The van der Waals surface area contributed by atoms with E-state index in [0.717, 1.165) is 47.5 Å². The molecule has 0 fully saturated rings. The molecule has 5 heteroatoms. The fourth-order valence-electron chi connectivity index (χ4n) is 3.24. The van der Waals surface area contributed by atoms with Crippen LogP contribution in [0.25, 0.3) is 0 Å². The maximum atomic E-state index is 5.98. The van der Waals surface area contributed by atoms with Crippen LogP contribution in [0.5, 0.6) is 5.75 Å². The van der Waals surface area contributed by atoms with Gasteiger partial charge in [0.1, 0.15) is 5.75 Å². The first kappa shape index (κ1) is 19.7.